The molecule has 0 spiro atoms. The van der Waals surface area contributed by atoms with Crippen LogP contribution in [0.2, 0.25) is 10.0 Å². The van der Waals surface area contributed by atoms with Crippen LogP contribution in [0.1, 0.15) is 0 Å². The first-order chi connectivity index (χ1) is 7.56. The van der Waals surface area contributed by atoms with E-state index in [1.54, 1.807) is 12.1 Å². The molecule has 0 radical (unpaired) electrons. The Labute approximate surface area is 103 Å². The molecule has 82 valence electrons. The quantitative estimate of drug-likeness (QED) is 0.806. The van der Waals surface area contributed by atoms with E-state index in [1.165, 1.54) is 24.3 Å². The molecule has 0 unspecified atom stereocenters. The van der Waals surface area contributed by atoms with E-state index in [0.717, 1.165) is 0 Å². The number of rotatable bonds is 1. The molecule has 0 atom stereocenters. The second-order valence-corrected chi connectivity index (χ2v) is 4.21. The first kappa shape index (κ1) is 11.1. The Morgan fingerprint density at radius 1 is 0.812 bits per heavy atom. The minimum atomic E-state index is 0.0573. The Bertz CT molecular complexity index is 518. The number of hydrogen-bond donors (Lipinski definition) is 2. The van der Waals surface area contributed by atoms with Crippen molar-refractivity contribution in [3.63, 3.8) is 0 Å². The fraction of sp³-hybridized carbons (Fsp3) is 0. The Balaban J connectivity index is 2.62. The molecule has 0 aliphatic carbocycles. The highest BCUT2D eigenvalue weighted by molar-refractivity contribution is 6.34. The molecule has 0 fully saturated rings. The summed E-state index contributed by atoms with van der Waals surface area (Å²) >= 11 is 11.8. The summed E-state index contributed by atoms with van der Waals surface area (Å²) in [6.45, 7) is 0. The minimum absolute atomic E-state index is 0.0573. The molecule has 2 N–H and O–H groups in total. The highest BCUT2D eigenvalue weighted by Gasteiger charge is 2.07. The minimum Gasteiger partial charge on any atom is -0.508 e. The number of aromatic hydroxyl groups is 2. The number of phenolic OH excluding ortho intramolecular Hbond substituents is 2. The van der Waals surface area contributed by atoms with Crippen molar-refractivity contribution in [3.8, 4) is 22.6 Å². The maximum atomic E-state index is 9.43. The highest BCUT2D eigenvalue weighted by atomic mass is 35.5. The number of halogens is 2. The van der Waals surface area contributed by atoms with Crippen LogP contribution in [0.5, 0.6) is 11.5 Å². The maximum absolute atomic E-state index is 9.43. The SMILES string of the molecule is Oc1cc(Cl)cc(-c2cc(O)ccc2Cl)c1. The van der Waals surface area contributed by atoms with E-state index < -0.39 is 0 Å². The Morgan fingerprint density at radius 2 is 1.56 bits per heavy atom. The van der Waals surface area contributed by atoms with Crippen LogP contribution in [0.25, 0.3) is 11.1 Å². The van der Waals surface area contributed by atoms with Gasteiger partial charge >= 0.3 is 0 Å². The summed E-state index contributed by atoms with van der Waals surface area (Å²) in [5.74, 6) is 0.167. The Hall–Kier alpha value is -1.38. The maximum Gasteiger partial charge on any atom is 0.117 e. The van der Waals surface area contributed by atoms with Crippen LogP contribution >= 0.6 is 23.2 Å². The Morgan fingerprint density at radius 3 is 2.25 bits per heavy atom. The van der Waals surface area contributed by atoms with E-state index in [1.807, 2.05) is 0 Å². The number of benzene rings is 2. The van der Waals surface area contributed by atoms with Crippen molar-refractivity contribution in [1.29, 1.82) is 0 Å². The third-order valence-electron chi connectivity index (χ3n) is 2.14. The monoisotopic (exact) mass is 254 g/mol. The summed E-state index contributed by atoms with van der Waals surface area (Å²) in [5.41, 5.74) is 1.28. The molecule has 0 aromatic heterocycles. The summed E-state index contributed by atoms with van der Waals surface area (Å²) in [6.07, 6.45) is 0. The fourth-order valence-electron chi connectivity index (χ4n) is 1.46. The van der Waals surface area contributed by atoms with Gasteiger partial charge in [-0.15, -0.1) is 0 Å². The molecule has 2 aromatic carbocycles. The molecule has 0 aliphatic rings. The zero-order chi connectivity index (χ0) is 11.7. The lowest BCUT2D eigenvalue weighted by molar-refractivity contribution is 0.474. The summed E-state index contributed by atoms with van der Waals surface area (Å²) in [6, 6.07) is 9.24. The van der Waals surface area contributed by atoms with Crippen LogP contribution < -0.4 is 0 Å². The second kappa shape index (κ2) is 4.24. The van der Waals surface area contributed by atoms with Crippen LogP contribution in [-0.2, 0) is 0 Å². The van der Waals surface area contributed by atoms with Crippen molar-refractivity contribution in [2.24, 2.45) is 0 Å². The molecule has 0 bridgehead atoms. The van der Waals surface area contributed by atoms with Gasteiger partial charge < -0.3 is 10.2 Å². The first-order valence-corrected chi connectivity index (χ1v) is 5.30. The molecule has 2 aromatic rings. The lowest BCUT2D eigenvalue weighted by Gasteiger charge is -2.06. The zero-order valence-electron chi connectivity index (χ0n) is 8.11. The van der Waals surface area contributed by atoms with Gasteiger partial charge in [-0.05, 0) is 42.0 Å². The van der Waals surface area contributed by atoms with Gasteiger partial charge in [0.25, 0.3) is 0 Å². The molecule has 2 rings (SSSR count). The average Bonchev–Trinajstić information content (AvgIpc) is 2.20. The second-order valence-electron chi connectivity index (χ2n) is 3.36. The number of phenols is 2. The topological polar surface area (TPSA) is 40.5 Å². The Kier molecular flexibility index (Phi) is 2.95. The predicted octanol–water partition coefficient (Wildman–Crippen LogP) is 4.07. The zero-order valence-corrected chi connectivity index (χ0v) is 9.63. The van der Waals surface area contributed by atoms with Crippen molar-refractivity contribution in [2.45, 2.75) is 0 Å². The van der Waals surface area contributed by atoms with Crippen LogP contribution in [0.4, 0.5) is 0 Å². The lowest BCUT2D eigenvalue weighted by Crippen LogP contribution is -1.80. The first-order valence-electron chi connectivity index (χ1n) is 4.55. The van der Waals surface area contributed by atoms with Gasteiger partial charge in [0.05, 0.1) is 0 Å². The molecule has 4 heteroatoms. The molecule has 0 aliphatic heterocycles. The van der Waals surface area contributed by atoms with Gasteiger partial charge in [-0.1, -0.05) is 23.2 Å². The molecular formula is C12H8Cl2O2. The van der Waals surface area contributed by atoms with Gasteiger partial charge in [-0.2, -0.15) is 0 Å². The van der Waals surface area contributed by atoms with Crippen molar-refractivity contribution >= 4 is 23.2 Å². The van der Waals surface area contributed by atoms with Crippen LogP contribution in [0.15, 0.2) is 36.4 Å². The van der Waals surface area contributed by atoms with Crippen molar-refractivity contribution in [1.82, 2.24) is 0 Å². The summed E-state index contributed by atoms with van der Waals surface area (Å²) in [4.78, 5) is 0. The van der Waals surface area contributed by atoms with E-state index in [2.05, 4.69) is 0 Å². The molecule has 0 amide bonds. The standard InChI is InChI=1S/C12H8Cl2O2/c13-8-3-7(4-10(16)5-8)11-6-9(15)1-2-12(11)14/h1-6,15-16H. The smallest absolute Gasteiger partial charge is 0.117 e. The summed E-state index contributed by atoms with van der Waals surface area (Å²) < 4.78 is 0. The summed E-state index contributed by atoms with van der Waals surface area (Å²) in [5, 5.41) is 19.7. The molecule has 16 heavy (non-hydrogen) atoms. The van der Waals surface area contributed by atoms with E-state index in [0.29, 0.717) is 21.2 Å². The van der Waals surface area contributed by atoms with Crippen molar-refractivity contribution < 1.29 is 10.2 Å². The molecular weight excluding hydrogens is 247 g/mol. The van der Waals surface area contributed by atoms with E-state index in [-0.39, 0.29) is 11.5 Å². The van der Waals surface area contributed by atoms with E-state index in [9.17, 15) is 10.2 Å². The largest absolute Gasteiger partial charge is 0.508 e. The highest BCUT2D eigenvalue weighted by Crippen LogP contribution is 2.34. The van der Waals surface area contributed by atoms with E-state index in [4.69, 9.17) is 23.2 Å². The third kappa shape index (κ3) is 2.23. The van der Waals surface area contributed by atoms with Gasteiger partial charge in [-0.25, -0.2) is 0 Å². The van der Waals surface area contributed by atoms with Gasteiger partial charge in [0.1, 0.15) is 11.5 Å². The normalized spacial score (nSPS) is 10.4. The van der Waals surface area contributed by atoms with Crippen LogP contribution in [0, 0.1) is 0 Å². The van der Waals surface area contributed by atoms with E-state index >= 15 is 0 Å². The lowest BCUT2D eigenvalue weighted by atomic mass is 10.1. The van der Waals surface area contributed by atoms with Crippen LogP contribution in [0.3, 0.4) is 0 Å². The number of hydrogen-bond acceptors (Lipinski definition) is 2. The average molecular weight is 255 g/mol. The van der Waals surface area contributed by atoms with Gasteiger partial charge in [0.15, 0.2) is 0 Å². The fourth-order valence-corrected chi connectivity index (χ4v) is 1.92. The van der Waals surface area contributed by atoms with Crippen LogP contribution in [-0.4, -0.2) is 10.2 Å². The predicted molar refractivity (Wildman–Crippen MR) is 65.2 cm³/mol. The third-order valence-corrected chi connectivity index (χ3v) is 2.69. The molecule has 0 saturated carbocycles. The van der Waals surface area contributed by atoms with Crippen molar-refractivity contribution in [3.05, 3.63) is 46.4 Å². The molecule has 0 heterocycles. The molecule has 0 saturated heterocycles. The van der Waals surface area contributed by atoms with Gasteiger partial charge in [-0.3, -0.25) is 0 Å². The van der Waals surface area contributed by atoms with Crippen molar-refractivity contribution in [2.75, 3.05) is 0 Å². The van der Waals surface area contributed by atoms with Gasteiger partial charge in [0, 0.05) is 15.6 Å². The van der Waals surface area contributed by atoms with Gasteiger partial charge in [0.2, 0.25) is 0 Å². The molecule has 2 nitrogen and oxygen atoms in total. The summed E-state index contributed by atoms with van der Waals surface area (Å²) in [7, 11) is 0.